The monoisotopic (exact) mass is 414 g/mol. The average molecular weight is 415 g/mol. The van der Waals surface area contributed by atoms with Gasteiger partial charge < -0.3 is 9.16 Å². The Morgan fingerprint density at radius 2 is 1.83 bits per heavy atom. The Bertz CT molecular complexity index is 818. The van der Waals surface area contributed by atoms with E-state index in [1.165, 1.54) is 30.4 Å². The van der Waals surface area contributed by atoms with Gasteiger partial charge in [-0.25, -0.2) is 0 Å². The van der Waals surface area contributed by atoms with Crippen LogP contribution in [0.1, 0.15) is 79.1 Å². The molecule has 5 aliphatic rings. The molecule has 4 heteroatoms. The lowest BCUT2D eigenvalue weighted by molar-refractivity contribution is -0.150. The summed E-state index contributed by atoms with van der Waals surface area (Å²) in [5.74, 6) is 0.818. The first-order valence-electron chi connectivity index (χ1n) is 11.8. The van der Waals surface area contributed by atoms with Crippen LogP contribution in [0.25, 0.3) is 0 Å². The van der Waals surface area contributed by atoms with Gasteiger partial charge in [-0.1, -0.05) is 33.8 Å². The standard InChI is InChI=1S/C25H38O3Si/c1-22(2,3)29(5,6)27-21-8-7-20-23(21,4)11-9-17-15-18-16-19(26)10-12-24(18)13-14-25(17,20)28-24/h15-16,20-21H,7-14H2,1-6H3/t20-,21+,23+,24+,25-/m1/s1. The van der Waals surface area contributed by atoms with E-state index in [0.29, 0.717) is 18.4 Å². The summed E-state index contributed by atoms with van der Waals surface area (Å²) in [6.45, 7) is 14.3. The van der Waals surface area contributed by atoms with Gasteiger partial charge in [0.05, 0.1) is 17.3 Å². The highest BCUT2D eigenvalue weighted by molar-refractivity contribution is 6.74. The molecule has 0 aromatic heterocycles. The minimum absolute atomic E-state index is 0.101. The van der Waals surface area contributed by atoms with Gasteiger partial charge in [0, 0.05) is 6.42 Å². The Hall–Kier alpha value is -0.713. The zero-order valence-electron chi connectivity index (χ0n) is 19.2. The zero-order chi connectivity index (χ0) is 20.9. The van der Waals surface area contributed by atoms with Crippen molar-refractivity contribution in [2.75, 3.05) is 0 Å². The normalized spacial score (nSPS) is 44.0. The molecule has 5 rings (SSSR count). The quantitative estimate of drug-likeness (QED) is 0.512. The molecular weight excluding hydrogens is 376 g/mol. The van der Waals surface area contributed by atoms with Crippen molar-refractivity contribution in [3.05, 3.63) is 23.3 Å². The number of hydrogen-bond acceptors (Lipinski definition) is 3. The minimum atomic E-state index is -1.80. The lowest BCUT2D eigenvalue weighted by Gasteiger charge is -2.55. The van der Waals surface area contributed by atoms with E-state index in [1.807, 2.05) is 6.08 Å². The molecule has 0 unspecified atom stereocenters. The van der Waals surface area contributed by atoms with Gasteiger partial charge in [-0.2, -0.15) is 0 Å². The molecule has 29 heavy (non-hydrogen) atoms. The summed E-state index contributed by atoms with van der Waals surface area (Å²) in [4.78, 5) is 12.1. The van der Waals surface area contributed by atoms with Crippen LogP contribution in [0.4, 0.5) is 0 Å². The molecule has 2 heterocycles. The summed E-state index contributed by atoms with van der Waals surface area (Å²) in [7, 11) is -1.80. The zero-order valence-corrected chi connectivity index (χ0v) is 20.2. The van der Waals surface area contributed by atoms with E-state index < -0.39 is 8.32 Å². The molecule has 0 amide bonds. The summed E-state index contributed by atoms with van der Waals surface area (Å²) >= 11 is 0. The van der Waals surface area contributed by atoms with Gasteiger partial charge in [0.1, 0.15) is 0 Å². The third kappa shape index (κ3) is 2.64. The molecule has 0 N–H and O–H groups in total. The van der Waals surface area contributed by atoms with Crippen molar-refractivity contribution in [2.24, 2.45) is 11.3 Å². The number of allylic oxidation sites excluding steroid dienone is 1. The molecule has 2 aliphatic heterocycles. The second kappa shape index (κ2) is 5.95. The van der Waals surface area contributed by atoms with Crippen LogP contribution in [0.2, 0.25) is 18.1 Å². The molecule has 5 atom stereocenters. The highest BCUT2D eigenvalue weighted by atomic mass is 28.4. The second-order valence-corrected chi connectivity index (χ2v) is 17.0. The summed E-state index contributed by atoms with van der Waals surface area (Å²) in [6, 6.07) is 0. The van der Waals surface area contributed by atoms with Crippen molar-refractivity contribution in [3.63, 3.8) is 0 Å². The number of fused-ring (bicyclic) bond motifs is 1. The molecule has 0 aromatic carbocycles. The van der Waals surface area contributed by atoms with Gasteiger partial charge >= 0.3 is 0 Å². The largest absolute Gasteiger partial charge is 0.413 e. The molecule has 3 fully saturated rings. The van der Waals surface area contributed by atoms with Gasteiger partial charge in [-0.15, -0.1) is 0 Å². The fraction of sp³-hybridized carbons (Fsp3) is 0.800. The predicted molar refractivity (Wildman–Crippen MR) is 118 cm³/mol. The lowest BCUT2D eigenvalue weighted by Crippen LogP contribution is -2.57. The number of carbonyl (C=O) groups is 1. The number of ether oxygens (including phenoxy) is 1. The van der Waals surface area contributed by atoms with Gasteiger partial charge in [-0.3, -0.25) is 4.79 Å². The molecule has 3 nitrogen and oxygen atoms in total. The third-order valence-electron chi connectivity index (χ3n) is 9.76. The van der Waals surface area contributed by atoms with Crippen LogP contribution in [-0.2, 0) is 14.0 Å². The third-order valence-corrected chi connectivity index (χ3v) is 14.2. The van der Waals surface area contributed by atoms with Crippen molar-refractivity contribution in [2.45, 2.75) is 114 Å². The topological polar surface area (TPSA) is 35.5 Å². The summed E-state index contributed by atoms with van der Waals surface area (Å²) in [5, 5.41) is 0.243. The number of hydrogen-bond donors (Lipinski definition) is 0. The Labute approximate surface area is 177 Å². The maximum Gasteiger partial charge on any atom is 0.192 e. The first-order valence-corrected chi connectivity index (χ1v) is 14.7. The van der Waals surface area contributed by atoms with Crippen LogP contribution in [-0.4, -0.2) is 31.4 Å². The molecular formula is C25H38O3Si. The average Bonchev–Trinajstić information content (AvgIpc) is 3.11. The van der Waals surface area contributed by atoms with Gasteiger partial charge in [-0.05, 0) is 91.6 Å². The molecule has 0 aromatic rings. The van der Waals surface area contributed by atoms with Gasteiger partial charge in [0.2, 0.25) is 0 Å². The maximum atomic E-state index is 12.1. The number of carbonyl (C=O) groups excluding carboxylic acids is 1. The first-order chi connectivity index (χ1) is 13.4. The van der Waals surface area contributed by atoms with E-state index in [1.54, 1.807) is 0 Å². The van der Waals surface area contributed by atoms with Crippen molar-refractivity contribution >= 4 is 14.1 Å². The molecule has 2 bridgehead atoms. The fourth-order valence-corrected chi connectivity index (χ4v) is 8.41. The Morgan fingerprint density at radius 3 is 2.55 bits per heavy atom. The first kappa shape index (κ1) is 20.2. The molecule has 1 saturated heterocycles. The van der Waals surface area contributed by atoms with Crippen molar-refractivity contribution in [3.8, 4) is 0 Å². The van der Waals surface area contributed by atoms with E-state index in [-0.39, 0.29) is 27.4 Å². The van der Waals surface area contributed by atoms with E-state index >= 15 is 0 Å². The van der Waals surface area contributed by atoms with Crippen LogP contribution < -0.4 is 0 Å². The van der Waals surface area contributed by atoms with Crippen LogP contribution in [0.3, 0.4) is 0 Å². The molecule has 2 saturated carbocycles. The summed E-state index contributed by atoms with van der Waals surface area (Å²) < 4.78 is 14.2. The highest BCUT2D eigenvalue weighted by Gasteiger charge is 2.67. The van der Waals surface area contributed by atoms with Crippen molar-refractivity contribution in [1.29, 1.82) is 0 Å². The van der Waals surface area contributed by atoms with Crippen molar-refractivity contribution in [1.82, 2.24) is 0 Å². The Morgan fingerprint density at radius 1 is 1.07 bits per heavy atom. The second-order valence-electron chi connectivity index (χ2n) is 12.2. The van der Waals surface area contributed by atoms with Crippen LogP contribution >= 0.6 is 0 Å². The number of rotatable bonds is 2. The summed E-state index contributed by atoms with van der Waals surface area (Å²) in [6.07, 6.45) is 13.0. The van der Waals surface area contributed by atoms with Crippen LogP contribution in [0.5, 0.6) is 0 Å². The highest BCUT2D eigenvalue weighted by Crippen LogP contribution is 2.67. The fourth-order valence-electron chi connectivity index (χ4n) is 6.96. The van der Waals surface area contributed by atoms with Gasteiger partial charge in [0.15, 0.2) is 14.1 Å². The molecule has 3 aliphatic carbocycles. The Kier molecular flexibility index (Phi) is 4.15. The lowest BCUT2D eigenvalue weighted by atomic mass is 9.58. The van der Waals surface area contributed by atoms with Crippen LogP contribution in [0, 0.1) is 11.3 Å². The predicted octanol–water partition coefficient (Wildman–Crippen LogP) is 6.10. The molecule has 0 radical (unpaired) electrons. The van der Waals surface area contributed by atoms with E-state index in [9.17, 15) is 4.79 Å². The van der Waals surface area contributed by atoms with Gasteiger partial charge in [0.25, 0.3) is 0 Å². The SMILES string of the molecule is CC(C)(C)[Si](C)(C)O[C@H]1CC[C@@H]2[C@]1(C)CCC1=CC3=CC(=O)CC[C@]34CC[C@@]12O4. The smallest absolute Gasteiger partial charge is 0.192 e. The molecule has 2 spiro atoms. The molecule has 160 valence electrons. The maximum absolute atomic E-state index is 12.1. The summed E-state index contributed by atoms with van der Waals surface area (Å²) in [5.41, 5.74) is 2.56. The van der Waals surface area contributed by atoms with Crippen LogP contribution in [0.15, 0.2) is 23.3 Å². The van der Waals surface area contributed by atoms with E-state index in [0.717, 1.165) is 25.7 Å². The van der Waals surface area contributed by atoms with E-state index in [4.69, 9.17) is 9.16 Å². The Balaban J connectivity index is 1.49. The van der Waals surface area contributed by atoms with Crippen molar-refractivity contribution < 1.29 is 14.0 Å². The van der Waals surface area contributed by atoms with E-state index in [2.05, 4.69) is 46.9 Å². The minimum Gasteiger partial charge on any atom is -0.413 e. The number of ketones is 1.